The predicted octanol–water partition coefficient (Wildman–Crippen LogP) is 1.97. The summed E-state index contributed by atoms with van der Waals surface area (Å²) in [5.74, 6) is 0.868. The maximum atomic E-state index is 9.26. The van der Waals surface area contributed by atoms with Crippen molar-refractivity contribution in [3.8, 4) is 5.75 Å². The van der Waals surface area contributed by atoms with Gasteiger partial charge in [-0.1, -0.05) is 29.5 Å². The quantitative estimate of drug-likeness (QED) is 0.590. The van der Waals surface area contributed by atoms with Crippen LogP contribution in [0.1, 0.15) is 17.8 Å². The highest BCUT2D eigenvalue weighted by molar-refractivity contribution is 5.20. The van der Waals surface area contributed by atoms with E-state index in [1.54, 1.807) is 10.8 Å². The molecule has 2 rings (SSSR count). The van der Waals surface area contributed by atoms with Crippen LogP contribution in [0.15, 0.2) is 43.0 Å². The monoisotopic (exact) mass is 273 g/mol. The van der Waals surface area contributed by atoms with Crippen LogP contribution >= 0.6 is 0 Å². The Kier molecular flexibility index (Phi) is 5.32. The van der Waals surface area contributed by atoms with Crippen LogP contribution in [0.25, 0.3) is 0 Å². The third kappa shape index (κ3) is 3.68. The molecular weight excluding hydrogens is 254 g/mol. The highest BCUT2D eigenvalue weighted by Crippen LogP contribution is 2.11. The van der Waals surface area contributed by atoms with Gasteiger partial charge in [0.1, 0.15) is 11.4 Å². The first-order valence-corrected chi connectivity index (χ1v) is 6.66. The molecule has 0 amide bonds. The van der Waals surface area contributed by atoms with Crippen molar-refractivity contribution in [2.45, 2.75) is 26.0 Å². The van der Waals surface area contributed by atoms with Gasteiger partial charge in [-0.25, -0.2) is 4.68 Å². The minimum absolute atomic E-state index is 0.0913. The fraction of sp³-hybridized carbons (Fsp3) is 0.333. The molecule has 0 radical (unpaired) electrons. The Morgan fingerprint density at radius 1 is 1.30 bits per heavy atom. The van der Waals surface area contributed by atoms with Gasteiger partial charge in [0.15, 0.2) is 0 Å². The number of nitrogens with zero attached hydrogens (tertiary/aromatic N) is 3. The van der Waals surface area contributed by atoms with Gasteiger partial charge in [-0.15, -0.1) is 11.7 Å². The van der Waals surface area contributed by atoms with Crippen molar-refractivity contribution in [1.29, 1.82) is 0 Å². The molecule has 106 valence electrons. The van der Waals surface area contributed by atoms with Gasteiger partial charge in [0.25, 0.3) is 0 Å². The van der Waals surface area contributed by atoms with Crippen LogP contribution in [0.3, 0.4) is 0 Å². The average Bonchev–Trinajstić information content (AvgIpc) is 2.87. The topological polar surface area (TPSA) is 60.2 Å². The number of benzene rings is 1. The minimum atomic E-state index is -0.0913. The summed E-state index contributed by atoms with van der Waals surface area (Å²) in [6, 6.07) is 9.72. The molecule has 0 saturated heterocycles. The normalized spacial score (nSPS) is 10.4. The first kappa shape index (κ1) is 14.3. The lowest BCUT2D eigenvalue weighted by Gasteiger charge is -2.07. The summed E-state index contributed by atoms with van der Waals surface area (Å²) in [5.41, 5.74) is 1.58. The van der Waals surface area contributed by atoms with Crippen molar-refractivity contribution in [3.05, 3.63) is 54.4 Å². The van der Waals surface area contributed by atoms with Crippen LogP contribution in [0.2, 0.25) is 0 Å². The van der Waals surface area contributed by atoms with Crippen LogP contribution in [-0.4, -0.2) is 26.7 Å². The van der Waals surface area contributed by atoms with Gasteiger partial charge in [-0.3, -0.25) is 0 Å². The van der Waals surface area contributed by atoms with Crippen LogP contribution in [0.4, 0.5) is 0 Å². The Morgan fingerprint density at radius 2 is 2.10 bits per heavy atom. The van der Waals surface area contributed by atoms with E-state index >= 15 is 0 Å². The maximum absolute atomic E-state index is 9.26. The number of hydrogen-bond acceptors (Lipinski definition) is 4. The van der Waals surface area contributed by atoms with Crippen molar-refractivity contribution >= 4 is 0 Å². The van der Waals surface area contributed by atoms with Gasteiger partial charge in [0, 0.05) is 0 Å². The molecule has 0 aliphatic heterocycles. The molecule has 2 aromatic rings. The molecule has 1 aromatic heterocycles. The number of aliphatic hydroxyl groups is 1. The summed E-state index contributed by atoms with van der Waals surface area (Å²) in [4.78, 5) is 0. The second kappa shape index (κ2) is 7.45. The number of allylic oxidation sites excluding steroid dienone is 1. The zero-order valence-corrected chi connectivity index (χ0v) is 11.4. The molecule has 0 unspecified atom stereocenters. The van der Waals surface area contributed by atoms with Crippen molar-refractivity contribution in [3.63, 3.8) is 0 Å². The van der Waals surface area contributed by atoms with Gasteiger partial charge in [0.2, 0.25) is 0 Å². The third-order valence-electron chi connectivity index (χ3n) is 2.94. The number of para-hydroxylation sites is 1. The number of rotatable bonds is 8. The molecule has 5 nitrogen and oxygen atoms in total. The summed E-state index contributed by atoms with van der Waals surface area (Å²) in [5, 5.41) is 17.2. The van der Waals surface area contributed by atoms with E-state index in [0.29, 0.717) is 18.8 Å². The highest BCUT2D eigenvalue weighted by Gasteiger charge is 2.10. The van der Waals surface area contributed by atoms with Crippen LogP contribution in [-0.2, 0) is 19.6 Å². The molecule has 0 bridgehead atoms. The Balaban J connectivity index is 1.87. The summed E-state index contributed by atoms with van der Waals surface area (Å²) in [7, 11) is 0. The van der Waals surface area contributed by atoms with Crippen molar-refractivity contribution in [2.75, 3.05) is 6.61 Å². The first-order valence-electron chi connectivity index (χ1n) is 6.66. The van der Waals surface area contributed by atoms with E-state index in [1.165, 1.54) is 0 Å². The largest absolute Gasteiger partial charge is 0.494 e. The maximum Gasteiger partial charge on any atom is 0.119 e. The molecule has 20 heavy (non-hydrogen) atoms. The molecule has 1 heterocycles. The molecule has 0 spiro atoms. The summed E-state index contributed by atoms with van der Waals surface area (Å²) >= 11 is 0. The fourth-order valence-electron chi connectivity index (χ4n) is 1.98. The Labute approximate surface area is 118 Å². The lowest BCUT2D eigenvalue weighted by atomic mass is 10.2. The summed E-state index contributed by atoms with van der Waals surface area (Å²) in [6.07, 6.45) is 3.37. The van der Waals surface area contributed by atoms with E-state index in [4.69, 9.17) is 4.74 Å². The number of aliphatic hydroxyl groups excluding tert-OH is 1. The van der Waals surface area contributed by atoms with E-state index in [-0.39, 0.29) is 6.61 Å². The molecule has 0 atom stereocenters. The van der Waals surface area contributed by atoms with Gasteiger partial charge in [-0.05, 0) is 25.0 Å². The molecular formula is C15H19N3O2. The zero-order chi connectivity index (χ0) is 14.2. The third-order valence-corrected chi connectivity index (χ3v) is 2.94. The standard InChI is InChI=1S/C15H19N3O2/c1-2-10-18-15(14(12-19)16-17-18)9-6-11-20-13-7-4-3-5-8-13/h2-5,7-8,19H,1,6,9-12H2. The molecule has 0 aliphatic rings. The summed E-state index contributed by atoms with van der Waals surface area (Å²) < 4.78 is 7.41. The SMILES string of the molecule is C=CCn1nnc(CO)c1CCCOc1ccccc1. The fourth-order valence-corrected chi connectivity index (χ4v) is 1.98. The molecule has 1 N–H and O–H groups in total. The Hall–Kier alpha value is -2.14. The second-order valence-electron chi connectivity index (χ2n) is 4.38. The molecule has 5 heteroatoms. The van der Waals surface area contributed by atoms with Gasteiger partial charge in [-0.2, -0.15) is 0 Å². The smallest absolute Gasteiger partial charge is 0.119 e. The highest BCUT2D eigenvalue weighted by atomic mass is 16.5. The van der Waals surface area contributed by atoms with Crippen molar-refractivity contribution in [2.24, 2.45) is 0 Å². The predicted molar refractivity (Wildman–Crippen MR) is 76.4 cm³/mol. The van der Waals surface area contributed by atoms with E-state index in [2.05, 4.69) is 16.9 Å². The van der Waals surface area contributed by atoms with Crippen LogP contribution in [0.5, 0.6) is 5.75 Å². The van der Waals surface area contributed by atoms with Crippen LogP contribution < -0.4 is 4.74 Å². The van der Waals surface area contributed by atoms with Gasteiger partial charge in [0.05, 0.1) is 25.5 Å². The molecule has 0 saturated carbocycles. The first-order chi connectivity index (χ1) is 9.85. The van der Waals surface area contributed by atoms with E-state index in [0.717, 1.165) is 24.3 Å². The molecule has 1 aromatic carbocycles. The Bertz CT molecular complexity index is 537. The van der Waals surface area contributed by atoms with E-state index in [9.17, 15) is 5.11 Å². The van der Waals surface area contributed by atoms with Crippen molar-refractivity contribution < 1.29 is 9.84 Å². The second-order valence-corrected chi connectivity index (χ2v) is 4.38. The number of aromatic nitrogens is 3. The average molecular weight is 273 g/mol. The summed E-state index contributed by atoms with van der Waals surface area (Å²) in [6.45, 7) is 4.82. The lowest BCUT2D eigenvalue weighted by molar-refractivity contribution is 0.274. The zero-order valence-electron chi connectivity index (χ0n) is 11.4. The van der Waals surface area contributed by atoms with Gasteiger partial charge < -0.3 is 9.84 Å². The lowest BCUT2D eigenvalue weighted by Crippen LogP contribution is -2.07. The van der Waals surface area contributed by atoms with E-state index < -0.39 is 0 Å². The van der Waals surface area contributed by atoms with E-state index in [1.807, 2.05) is 30.3 Å². The van der Waals surface area contributed by atoms with Crippen molar-refractivity contribution in [1.82, 2.24) is 15.0 Å². The van der Waals surface area contributed by atoms with Gasteiger partial charge >= 0.3 is 0 Å². The minimum Gasteiger partial charge on any atom is -0.494 e. The molecule has 0 aliphatic carbocycles. The molecule has 0 fully saturated rings. The Morgan fingerprint density at radius 3 is 2.80 bits per heavy atom. The number of ether oxygens (including phenoxy) is 1. The van der Waals surface area contributed by atoms with Crippen LogP contribution in [0, 0.1) is 0 Å². The number of hydrogen-bond donors (Lipinski definition) is 1.